The lowest BCUT2D eigenvalue weighted by Gasteiger charge is -2.33. The van der Waals surface area contributed by atoms with Crippen LogP contribution in [0.15, 0.2) is 22.8 Å². The zero-order valence-electron chi connectivity index (χ0n) is 11.4. The summed E-state index contributed by atoms with van der Waals surface area (Å²) in [4.78, 5) is 0. The predicted molar refractivity (Wildman–Crippen MR) is 73.9 cm³/mol. The molecule has 0 bridgehead atoms. The first-order valence-corrected chi connectivity index (χ1v) is 7.32. The Morgan fingerprint density at radius 3 is 2.72 bits per heavy atom. The van der Waals surface area contributed by atoms with Crippen molar-refractivity contribution in [3.8, 4) is 0 Å². The van der Waals surface area contributed by atoms with E-state index >= 15 is 0 Å². The van der Waals surface area contributed by atoms with Crippen LogP contribution in [-0.4, -0.2) is 6.04 Å². The monoisotopic (exact) mass is 250 g/mol. The highest BCUT2D eigenvalue weighted by molar-refractivity contribution is 4.99. The van der Waals surface area contributed by atoms with Gasteiger partial charge in [-0.1, -0.05) is 26.2 Å². The van der Waals surface area contributed by atoms with Gasteiger partial charge in [0.05, 0.1) is 6.26 Å². The minimum Gasteiger partial charge on any atom is -0.469 e. The Labute approximate surface area is 110 Å². The van der Waals surface area contributed by atoms with Crippen molar-refractivity contribution in [3.05, 3.63) is 24.2 Å². The summed E-state index contributed by atoms with van der Waals surface area (Å²) in [5.41, 5.74) is 3.03. The Balaban J connectivity index is 1.78. The van der Waals surface area contributed by atoms with Gasteiger partial charge in [-0.2, -0.15) is 0 Å². The van der Waals surface area contributed by atoms with Crippen molar-refractivity contribution in [2.24, 2.45) is 17.7 Å². The van der Waals surface area contributed by atoms with Crippen molar-refractivity contribution in [2.75, 3.05) is 0 Å². The van der Waals surface area contributed by atoms with E-state index in [9.17, 15) is 0 Å². The van der Waals surface area contributed by atoms with E-state index in [-0.39, 0.29) is 0 Å². The lowest BCUT2D eigenvalue weighted by molar-refractivity contribution is 0.210. The summed E-state index contributed by atoms with van der Waals surface area (Å²) in [6, 6.07) is 4.43. The maximum atomic E-state index is 5.73. The van der Waals surface area contributed by atoms with Crippen LogP contribution in [-0.2, 0) is 6.42 Å². The van der Waals surface area contributed by atoms with E-state index in [0.717, 1.165) is 30.4 Å². The molecule has 1 fully saturated rings. The third-order valence-electron chi connectivity index (χ3n) is 4.53. The second-order valence-corrected chi connectivity index (χ2v) is 5.58. The van der Waals surface area contributed by atoms with Crippen LogP contribution in [0.3, 0.4) is 0 Å². The van der Waals surface area contributed by atoms with Gasteiger partial charge >= 0.3 is 0 Å². The van der Waals surface area contributed by atoms with Gasteiger partial charge in [-0.05, 0) is 43.2 Å². The Bertz CT molecular complexity index is 315. The van der Waals surface area contributed by atoms with Crippen LogP contribution in [0.4, 0.5) is 0 Å². The first-order chi connectivity index (χ1) is 8.83. The minimum atomic E-state index is 0.438. The van der Waals surface area contributed by atoms with Gasteiger partial charge in [0.25, 0.3) is 0 Å². The fourth-order valence-electron chi connectivity index (χ4n) is 3.21. The molecule has 1 aromatic rings. The molecule has 0 radical (unpaired) electrons. The number of rotatable bonds is 6. The molecule has 3 nitrogen and oxygen atoms in total. The van der Waals surface area contributed by atoms with Gasteiger partial charge in [-0.3, -0.25) is 11.3 Å². The normalized spacial score (nSPS) is 26.1. The molecular weight excluding hydrogens is 224 g/mol. The molecule has 3 N–H and O–H groups in total. The highest BCUT2D eigenvalue weighted by Crippen LogP contribution is 2.33. The summed E-state index contributed by atoms with van der Waals surface area (Å²) < 4.78 is 5.38. The van der Waals surface area contributed by atoms with Gasteiger partial charge in [-0.25, -0.2) is 0 Å². The first-order valence-electron chi connectivity index (χ1n) is 7.32. The van der Waals surface area contributed by atoms with E-state index in [2.05, 4.69) is 12.3 Å². The second-order valence-electron chi connectivity index (χ2n) is 5.58. The van der Waals surface area contributed by atoms with Crippen molar-refractivity contribution in [1.29, 1.82) is 0 Å². The molecule has 18 heavy (non-hydrogen) atoms. The maximum absolute atomic E-state index is 5.73. The van der Waals surface area contributed by atoms with Gasteiger partial charge < -0.3 is 4.42 Å². The molecule has 2 rings (SSSR count). The van der Waals surface area contributed by atoms with Gasteiger partial charge in [0.1, 0.15) is 5.76 Å². The van der Waals surface area contributed by atoms with Crippen molar-refractivity contribution in [3.63, 3.8) is 0 Å². The predicted octanol–water partition coefficient (Wildman–Crippen LogP) is 3.26. The molecule has 0 aliphatic heterocycles. The summed E-state index contributed by atoms with van der Waals surface area (Å²) in [6.07, 6.45) is 10.5. The van der Waals surface area contributed by atoms with Crippen molar-refractivity contribution in [1.82, 2.24) is 5.43 Å². The third-order valence-corrected chi connectivity index (χ3v) is 4.53. The summed E-state index contributed by atoms with van der Waals surface area (Å²) in [5.74, 6) is 8.49. The summed E-state index contributed by atoms with van der Waals surface area (Å²) in [5, 5.41) is 0. The van der Waals surface area contributed by atoms with Crippen LogP contribution >= 0.6 is 0 Å². The molecule has 3 heteroatoms. The van der Waals surface area contributed by atoms with Crippen LogP contribution < -0.4 is 11.3 Å². The molecule has 1 aliphatic rings. The molecule has 1 aliphatic carbocycles. The average molecular weight is 250 g/mol. The quantitative estimate of drug-likeness (QED) is 0.602. The molecule has 1 heterocycles. The molecule has 1 saturated carbocycles. The standard InChI is InChI=1S/C15H26N2O/c1-2-12-5-7-13(8-6-12)15(17-16)10-9-14-4-3-11-18-14/h3-4,11-13,15,17H,2,5-10,16H2,1H3. The number of furan rings is 1. The zero-order valence-corrected chi connectivity index (χ0v) is 11.4. The Hall–Kier alpha value is -0.800. The van der Waals surface area contributed by atoms with E-state index in [1.807, 2.05) is 12.1 Å². The Morgan fingerprint density at radius 2 is 2.17 bits per heavy atom. The van der Waals surface area contributed by atoms with Crippen LogP contribution in [0.1, 0.15) is 51.2 Å². The molecule has 1 aromatic heterocycles. The van der Waals surface area contributed by atoms with E-state index in [4.69, 9.17) is 10.3 Å². The van der Waals surface area contributed by atoms with Crippen LogP contribution in [0.2, 0.25) is 0 Å². The van der Waals surface area contributed by atoms with Crippen LogP contribution in [0.5, 0.6) is 0 Å². The average Bonchev–Trinajstić information content (AvgIpc) is 2.93. The van der Waals surface area contributed by atoms with Crippen molar-refractivity contribution >= 4 is 0 Å². The highest BCUT2D eigenvalue weighted by atomic mass is 16.3. The molecule has 0 aromatic carbocycles. The smallest absolute Gasteiger partial charge is 0.103 e. The van der Waals surface area contributed by atoms with Crippen LogP contribution in [0.25, 0.3) is 0 Å². The number of nitrogens with two attached hydrogens (primary N) is 1. The molecule has 1 atom stereocenters. The van der Waals surface area contributed by atoms with Crippen LogP contribution in [0, 0.1) is 11.8 Å². The SMILES string of the molecule is CCC1CCC(C(CCc2ccco2)NN)CC1. The van der Waals surface area contributed by atoms with Gasteiger partial charge in [-0.15, -0.1) is 0 Å². The summed E-state index contributed by atoms with van der Waals surface area (Å²) in [7, 11) is 0. The van der Waals surface area contributed by atoms with Crippen molar-refractivity contribution < 1.29 is 4.42 Å². The number of hydrogen-bond donors (Lipinski definition) is 2. The largest absolute Gasteiger partial charge is 0.469 e. The van der Waals surface area contributed by atoms with Gasteiger partial charge in [0, 0.05) is 12.5 Å². The van der Waals surface area contributed by atoms with Gasteiger partial charge in [0.2, 0.25) is 0 Å². The number of hydrazine groups is 1. The van der Waals surface area contributed by atoms with Crippen molar-refractivity contribution in [2.45, 2.75) is 57.9 Å². The summed E-state index contributed by atoms with van der Waals surface area (Å²) in [6.45, 7) is 2.31. The fourth-order valence-corrected chi connectivity index (χ4v) is 3.21. The minimum absolute atomic E-state index is 0.438. The lowest BCUT2D eigenvalue weighted by Crippen LogP contribution is -2.42. The van der Waals surface area contributed by atoms with E-state index < -0.39 is 0 Å². The number of aryl methyl sites for hydroxylation is 1. The molecule has 1 unspecified atom stereocenters. The molecule has 0 saturated heterocycles. The summed E-state index contributed by atoms with van der Waals surface area (Å²) >= 11 is 0. The van der Waals surface area contributed by atoms with E-state index in [1.165, 1.54) is 32.1 Å². The molecule has 0 amide bonds. The van der Waals surface area contributed by atoms with E-state index in [1.54, 1.807) is 6.26 Å². The topological polar surface area (TPSA) is 51.2 Å². The number of hydrogen-bond acceptors (Lipinski definition) is 3. The van der Waals surface area contributed by atoms with E-state index in [0.29, 0.717) is 6.04 Å². The number of nitrogens with one attached hydrogen (secondary N) is 1. The highest BCUT2D eigenvalue weighted by Gasteiger charge is 2.26. The third kappa shape index (κ3) is 3.59. The molecular formula is C15H26N2O. The van der Waals surface area contributed by atoms with Gasteiger partial charge in [0.15, 0.2) is 0 Å². The Morgan fingerprint density at radius 1 is 1.39 bits per heavy atom. The fraction of sp³-hybridized carbons (Fsp3) is 0.733. The zero-order chi connectivity index (χ0) is 12.8. The second kappa shape index (κ2) is 6.95. The Kier molecular flexibility index (Phi) is 5.26. The molecule has 102 valence electrons. The lowest BCUT2D eigenvalue weighted by atomic mass is 9.77. The first kappa shape index (κ1) is 13.6. The molecule has 0 spiro atoms. The maximum Gasteiger partial charge on any atom is 0.103 e.